The number of aromatic nitrogens is 1. The topological polar surface area (TPSA) is 48.0 Å². The van der Waals surface area contributed by atoms with Crippen LogP contribution in [0.25, 0.3) is 22.4 Å². The fourth-order valence-electron chi connectivity index (χ4n) is 3.97. The first kappa shape index (κ1) is 19.7. The van der Waals surface area contributed by atoms with Crippen molar-refractivity contribution < 1.29 is 4.79 Å². The van der Waals surface area contributed by atoms with Crippen molar-refractivity contribution in [3.8, 4) is 22.4 Å². The van der Waals surface area contributed by atoms with E-state index in [1.54, 1.807) is 0 Å². The molecule has 3 nitrogen and oxygen atoms in total. The van der Waals surface area contributed by atoms with Crippen molar-refractivity contribution in [1.82, 2.24) is 4.57 Å². The Bertz CT molecular complexity index is 1130. The second-order valence-corrected chi connectivity index (χ2v) is 7.58. The van der Waals surface area contributed by atoms with Gasteiger partial charge >= 0.3 is 0 Å². The third-order valence-corrected chi connectivity index (χ3v) is 5.61. The molecule has 150 valence electrons. The average molecular weight is 395 g/mol. The molecule has 3 aromatic carbocycles. The van der Waals surface area contributed by atoms with Crippen molar-refractivity contribution in [2.24, 2.45) is 5.73 Å². The van der Waals surface area contributed by atoms with Gasteiger partial charge in [-0.1, -0.05) is 84.9 Å². The summed E-state index contributed by atoms with van der Waals surface area (Å²) in [4.78, 5) is 12.0. The predicted molar refractivity (Wildman–Crippen MR) is 123 cm³/mol. The summed E-state index contributed by atoms with van der Waals surface area (Å²) in [7, 11) is 0. The summed E-state index contributed by atoms with van der Waals surface area (Å²) in [6.45, 7) is 2.81. The third-order valence-electron chi connectivity index (χ3n) is 5.61. The maximum absolute atomic E-state index is 12.0. The van der Waals surface area contributed by atoms with Gasteiger partial charge in [0.1, 0.15) is 0 Å². The Morgan fingerprint density at radius 2 is 1.37 bits per heavy atom. The molecule has 0 atom stereocenters. The fourth-order valence-corrected chi connectivity index (χ4v) is 3.97. The largest absolute Gasteiger partial charge is 0.366 e. The zero-order valence-electron chi connectivity index (χ0n) is 17.2. The number of aryl methyl sites for hydroxylation is 1. The molecule has 4 rings (SSSR count). The lowest BCUT2D eigenvalue weighted by Crippen LogP contribution is -2.12. The molecule has 1 heterocycles. The maximum Gasteiger partial charge on any atom is 0.250 e. The molecule has 0 saturated heterocycles. The van der Waals surface area contributed by atoms with Crippen LogP contribution in [0.2, 0.25) is 0 Å². The SMILES string of the molecule is Cc1c(C(N)=O)cc(-c2ccc(-c3ccccc3)cc2)n1CCCc1ccccc1. The minimum Gasteiger partial charge on any atom is -0.366 e. The van der Waals surface area contributed by atoms with Crippen molar-refractivity contribution in [2.75, 3.05) is 0 Å². The van der Waals surface area contributed by atoms with E-state index in [2.05, 4.69) is 65.2 Å². The first-order valence-corrected chi connectivity index (χ1v) is 10.3. The summed E-state index contributed by atoms with van der Waals surface area (Å²) >= 11 is 0. The molecular formula is C27H26N2O. The molecule has 3 heteroatoms. The smallest absolute Gasteiger partial charge is 0.250 e. The van der Waals surface area contributed by atoms with Crippen LogP contribution in [0.1, 0.15) is 28.0 Å². The summed E-state index contributed by atoms with van der Waals surface area (Å²) in [6.07, 6.45) is 1.99. The fraction of sp³-hybridized carbons (Fsp3) is 0.148. The molecule has 0 aliphatic heterocycles. The van der Waals surface area contributed by atoms with Crippen LogP contribution in [-0.4, -0.2) is 10.5 Å². The van der Waals surface area contributed by atoms with Crippen molar-refractivity contribution >= 4 is 5.91 Å². The second-order valence-electron chi connectivity index (χ2n) is 7.58. The normalized spacial score (nSPS) is 10.8. The highest BCUT2D eigenvalue weighted by Gasteiger charge is 2.16. The molecule has 1 aromatic heterocycles. The van der Waals surface area contributed by atoms with E-state index in [1.807, 2.05) is 37.3 Å². The summed E-state index contributed by atoms with van der Waals surface area (Å²) in [6, 6.07) is 31.2. The van der Waals surface area contributed by atoms with Crippen LogP contribution >= 0.6 is 0 Å². The number of carbonyl (C=O) groups excluding carboxylic acids is 1. The number of benzene rings is 3. The van der Waals surface area contributed by atoms with Crippen molar-refractivity contribution in [3.63, 3.8) is 0 Å². The molecular weight excluding hydrogens is 368 g/mol. The van der Waals surface area contributed by atoms with E-state index in [9.17, 15) is 4.79 Å². The van der Waals surface area contributed by atoms with Gasteiger partial charge in [0.2, 0.25) is 0 Å². The molecule has 1 amide bonds. The highest BCUT2D eigenvalue weighted by atomic mass is 16.1. The second kappa shape index (κ2) is 8.83. The lowest BCUT2D eigenvalue weighted by atomic mass is 10.0. The Hall–Kier alpha value is -3.59. The van der Waals surface area contributed by atoms with Crippen molar-refractivity contribution in [1.29, 1.82) is 0 Å². The van der Waals surface area contributed by atoms with Gasteiger partial charge in [0.15, 0.2) is 0 Å². The number of primary amides is 1. The van der Waals surface area contributed by atoms with Crippen LogP contribution in [0.4, 0.5) is 0 Å². The molecule has 2 N–H and O–H groups in total. The van der Waals surface area contributed by atoms with Gasteiger partial charge in [0.25, 0.3) is 5.91 Å². The van der Waals surface area contributed by atoms with E-state index in [0.717, 1.165) is 36.3 Å². The number of hydrogen-bond acceptors (Lipinski definition) is 1. The van der Waals surface area contributed by atoms with Crippen molar-refractivity contribution in [2.45, 2.75) is 26.3 Å². The molecule has 30 heavy (non-hydrogen) atoms. The lowest BCUT2D eigenvalue weighted by Gasteiger charge is -2.13. The number of nitrogens with two attached hydrogens (primary N) is 1. The van der Waals surface area contributed by atoms with Gasteiger partial charge in [-0.05, 0) is 48.1 Å². The van der Waals surface area contributed by atoms with Crippen LogP contribution in [0.5, 0.6) is 0 Å². The summed E-state index contributed by atoms with van der Waals surface area (Å²) < 4.78 is 2.22. The first-order valence-electron chi connectivity index (χ1n) is 10.3. The average Bonchev–Trinajstić information content (AvgIpc) is 3.12. The van der Waals surface area contributed by atoms with Crippen LogP contribution < -0.4 is 5.73 Å². The molecule has 0 radical (unpaired) electrons. The number of amides is 1. The van der Waals surface area contributed by atoms with Crippen molar-refractivity contribution in [3.05, 3.63) is 108 Å². The lowest BCUT2D eigenvalue weighted by molar-refractivity contribution is 0.0999. The minimum atomic E-state index is -0.378. The molecule has 4 aromatic rings. The zero-order chi connectivity index (χ0) is 20.9. The molecule has 0 unspecified atom stereocenters. The highest BCUT2D eigenvalue weighted by Crippen LogP contribution is 2.29. The minimum absolute atomic E-state index is 0.378. The number of hydrogen-bond donors (Lipinski definition) is 1. The first-order chi connectivity index (χ1) is 14.6. The Labute approximate surface area is 177 Å². The Morgan fingerprint density at radius 3 is 2.00 bits per heavy atom. The molecule has 0 bridgehead atoms. The van der Waals surface area contributed by atoms with Gasteiger partial charge < -0.3 is 10.3 Å². The Balaban J connectivity index is 1.61. The zero-order valence-corrected chi connectivity index (χ0v) is 17.2. The maximum atomic E-state index is 12.0. The highest BCUT2D eigenvalue weighted by molar-refractivity contribution is 5.95. The Morgan fingerprint density at radius 1 is 0.800 bits per heavy atom. The molecule has 0 aliphatic carbocycles. The Kier molecular flexibility index (Phi) is 5.80. The van der Waals surface area contributed by atoms with E-state index < -0.39 is 0 Å². The van der Waals surface area contributed by atoms with E-state index in [1.165, 1.54) is 16.7 Å². The monoisotopic (exact) mass is 394 g/mol. The van der Waals surface area contributed by atoms with Gasteiger partial charge in [-0.25, -0.2) is 0 Å². The summed E-state index contributed by atoms with van der Waals surface area (Å²) in [5.41, 5.74) is 13.0. The summed E-state index contributed by atoms with van der Waals surface area (Å²) in [5, 5.41) is 0. The van der Waals surface area contributed by atoms with E-state index in [0.29, 0.717) is 5.56 Å². The summed E-state index contributed by atoms with van der Waals surface area (Å²) in [5.74, 6) is -0.378. The van der Waals surface area contributed by atoms with E-state index in [4.69, 9.17) is 5.73 Å². The molecule has 0 fully saturated rings. The van der Waals surface area contributed by atoms with Gasteiger partial charge in [-0.2, -0.15) is 0 Å². The quantitative estimate of drug-likeness (QED) is 0.419. The van der Waals surface area contributed by atoms with Gasteiger partial charge in [-0.3, -0.25) is 4.79 Å². The van der Waals surface area contributed by atoms with Crippen LogP contribution in [0.3, 0.4) is 0 Å². The third kappa shape index (κ3) is 4.20. The molecule has 0 aliphatic rings. The van der Waals surface area contributed by atoms with Gasteiger partial charge in [0.05, 0.1) is 5.56 Å². The van der Waals surface area contributed by atoms with Crippen LogP contribution in [0.15, 0.2) is 91.0 Å². The molecule has 0 saturated carbocycles. The molecule has 0 spiro atoms. The van der Waals surface area contributed by atoms with E-state index >= 15 is 0 Å². The van der Waals surface area contributed by atoms with Crippen LogP contribution in [0, 0.1) is 6.92 Å². The number of carbonyl (C=O) groups is 1. The number of rotatable bonds is 7. The number of nitrogens with zero attached hydrogens (tertiary/aromatic N) is 1. The van der Waals surface area contributed by atoms with Gasteiger partial charge in [0, 0.05) is 17.9 Å². The van der Waals surface area contributed by atoms with Crippen LogP contribution in [-0.2, 0) is 13.0 Å². The van der Waals surface area contributed by atoms with E-state index in [-0.39, 0.29) is 5.91 Å². The van der Waals surface area contributed by atoms with Gasteiger partial charge in [-0.15, -0.1) is 0 Å². The standard InChI is InChI=1S/C27H26N2O/c1-20-25(27(28)30)19-26(29(20)18-8-11-21-9-4-2-5-10-21)24-16-14-23(15-17-24)22-12-6-3-7-13-22/h2-7,9-10,12-17,19H,8,11,18H2,1H3,(H2,28,30). The predicted octanol–water partition coefficient (Wildman–Crippen LogP) is 5.86.